The highest BCUT2D eigenvalue weighted by Crippen LogP contribution is 2.41. The molecule has 0 fully saturated rings. The van der Waals surface area contributed by atoms with Gasteiger partial charge in [-0.15, -0.1) is 0 Å². The molecule has 0 aliphatic rings. The number of hydrogen-bond acceptors (Lipinski definition) is 3. The van der Waals surface area contributed by atoms with Gasteiger partial charge in [0, 0.05) is 49.6 Å². The summed E-state index contributed by atoms with van der Waals surface area (Å²) in [6.45, 7) is 0. The molecule has 58 heavy (non-hydrogen) atoms. The molecule has 3 heterocycles. The Balaban J connectivity index is 1.31. The zero-order valence-electron chi connectivity index (χ0n) is 30.1. The fourth-order valence-corrected chi connectivity index (χ4v) is 7.77. The number of hydrogen-bond donors (Lipinski definition) is 0. The lowest BCUT2D eigenvalue weighted by Crippen LogP contribution is -2.05. The molecule has 0 N–H and O–H groups in total. The Hall–Kier alpha value is -7.27. The predicted molar refractivity (Wildman–Crippen MR) is 215 cm³/mol. The van der Waals surface area contributed by atoms with Crippen LogP contribution in [0.1, 0.15) is 11.1 Å². The molecule has 0 radical (unpaired) electrons. The van der Waals surface area contributed by atoms with Crippen molar-refractivity contribution in [2.75, 3.05) is 0 Å². The van der Waals surface area contributed by atoms with E-state index in [0.29, 0.717) is 78.0 Å². The number of halogens is 6. The van der Waals surface area contributed by atoms with Crippen molar-refractivity contribution in [1.29, 1.82) is 0 Å². The third-order valence-electron chi connectivity index (χ3n) is 10.4. The van der Waals surface area contributed by atoms with Gasteiger partial charge < -0.3 is 9.13 Å². The molecular weight excluding hydrogens is 749 g/mol. The molecule has 0 atom stereocenters. The van der Waals surface area contributed by atoms with Gasteiger partial charge >= 0.3 is 12.4 Å². The Bertz CT molecular complexity index is 2990. The van der Waals surface area contributed by atoms with E-state index in [0.717, 1.165) is 35.4 Å². The summed E-state index contributed by atoms with van der Waals surface area (Å²) in [5, 5.41) is 2.05. The molecule has 3 aromatic heterocycles. The highest BCUT2D eigenvalue weighted by molar-refractivity contribution is 6.11. The number of rotatable bonds is 5. The molecule has 0 bridgehead atoms. The third kappa shape index (κ3) is 5.94. The van der Waals surface area contributed by atoms with E-state index in [4.69, 9.17) is 15.0 Å². The van der Waals surface area contributed by atoms with Gasteiger partial charge in [-0.2, -0.15) is 26.3 Å². The van der Waals surface area contributed by atoms with E-state index >= 15 is 0 Å². The molecule has 0 saturated heterocycles. The maximum absolute atomic E-state index is 14.1. The van der Waals surface area contributed by atoms with Gasteiger partial charge in [-0.3, -0.25) is 0 Å². The summed E-state index contributed by atoms with van der Waals surface area (Å²) in [6, 6.07) is 46.4. The Labute approximate surface area is 326 Å². The monoisotopic (exact) mass is 775 g/mol. The largest absolute Gasteiger partial charge is 0.416 e. The lowest BCUT2D eigenvalue weighted by atomic mass is 10.1. The normalized spacial score (nSPS) is 12.3. The first kappa shape index (κ1) is 35.2. The van der Waals surface area contributed by atoms with Crippen LogP contribution < -0.4 is 0 Å². The van der Waals surface area contributed by atoms with Crippen LogP contribution in [0.5, 0.6) is 0 Å². The summed E-state index contributed by atoms with van der Waals surface area (Å²) < 4.78 is 88.2. The van der Waals surface area contributed by atoms with Crippen molar-refractivity contribution in [3.05, 3.63) is 175 Å². The van der Waals surface area contributed by atoms with E-state index in [1.807, 2.05) is 112 Å². The lowest BCUT2D eigenvalue weighted by molar-refractivity contribution is -0.138. The van der Waals surface area contributed by atoms with Crippen LogP contribution in [0.2, 0.25) is 0 Å². The smallest absolute Gasteiger partial charge is 0.309 e. The first-order valence-corrected chi connectivity index (χ1v) is 18.3. The van der Waals surface area contributed by atoms with E-state index in [2.05, 4.69) is 0 Å². The zero-order valence-corrected chi connectivity index (χ0v) is 30.1. The second-order valence-electron chi connectivity index (χ2n) is 13.9. The molecule has 7 aromatic carbocycles. The van der Waals surface area contributed by atoms with Crippen LogP contribution in [-0.2, 0) is 12.4 Å². The molecular formula is C47H27F6N5. The van der Waals surface area contributed by atoms with Crippen molar-refractivity contribution in [1.82, 2.24) is 24.1 Å². The molecule has 10 aromatic rings. The number of nitrogens with zero attached hydrogens (tertiary/aromatic N) is 5. The van der Waals surface area contributed by atoms with Gasteiger partial charge in [0.1, 0.15) is 0 Å². The topological polar surface area (TPSA) is 48.5 Å². The minimum atomic E-state index is -4.56. The minimum Gasteiger partial charge on any atom is -0.309 e. The fourth-order valence-electron chi connectivity index (χ4n) is 7.77. The van der Waals surface area contributed by atoms with Crippen molar-refractivity contribution in [2.45, 2.75) is 12.4 Å². The number of benzene rings is 7. The molecule has 0 unspecified atom stereocenters. The van der Waals surface area contributed by atoms with Gasteiger partial charge in [0.25, 0.3) is 0 Å². The van der Waals surface area contributed by atoms with E-state index in [-0.39, 0.29) is 0 Å². The van der Waals surface area contributed by atoms with E-state index in [9.17, 15) is 26.3 Å². The number of alkyl halides is 6. The van der Waals surface area contributed by atoms with Gasteiger partial charge in [-0.25, -0.2) is 15.0 Å². The Morgan fingerprint density at radius 3 is 1.10 bits per heavy atom. The molecule has 0 aliphatic heterocycles. The van der Waals surface area contributed by atoms with Gasteiger partial charge in [0.2, 0.25) is 0 Å². The summed E-state index contributed by atoms with van der Waals surface area (Å²) in [4.78, 5) is 14.8. The van der Waals surface area contributed by atoms with Crippen molar-refractivity contribution >= 4 is 43.6 Å². The molecule has 5 nitrogen and oxygen atoms in total. The van der Waals surface area contributed by atoms with Crippen LogP contribution in [0.4, 0.5) is 26.3 Å². The van der Waals surface area contributed by atoms with Crippen LogP contribution in [0.3, 0.4) is 0 Å². The first-order valence-electron chi connectivity index (χ1n) is 18.3. The van der Waals surface area contributed by atoms with Crippen LogP contribution in [-0.4, -0.2) is 24.1 Å². The van der Waals surface area contributed by atoms with Crippen LogP contribution in [0.25, 0.3) is 89.2 Å². The maximum atomic E-state index is 14.1. The Morgan fingerprint density at radius 2 is 0.690 bits per heavy atom. The molecule has 282 valence electrons. The number of aromatic nitrogens is 5. The van der Waals surface area contributed by atoms with Gasteiger partial charge in [0.05, 0.1) is 33.2 Å². The second-order valence-corrected chi connectivity index (χ2v) is 13.9. The van der Waals surface area contributed by atoms with E-state index in [1.165, 1.54) is 12.1 Å². The SMILES string of the molecule is FC(F)(F)c1ccc2c(c1)c1ccccc1n2-c1cc(-c2nc(-c3ccccc3)nc(-c3ccccc3)n2)cc(-n2c3ccccc3c3cc(C(F)(F)F)ccc32)c1. The van der Waals surface area contributed by atoms with Crippen molar-refractivity contribution < 1.29 is 26.3 Å². The first-order chi connectivity index (χ1) is 28.0. The van der Waals surface area contributed by atoms with E-state index < -0.39 is 23.5 Å². The molecule has 0 saturated carbocycles. The summed E-state index contributed by atoms with van der Waals surface area (Å²) in [5.41, 5.74) is 4.01. The summed E-state index contributed by atoms with van der Waals surface area (Å²) in [7, 11) is 0. The quantitative estimate of drug-likeness (QED) is 0.164. The highest BCUT2D eigenvalue weighted by atomic mass is 19.4. The highest BCUT2D eigenvalue weighted by Gasteiger charge is 2.32. The standard InChI is InChI=1S/C47H27F6N5/c48-46(49,50)31-19-21-41-37(25-31)35-15-7-9-17-39(35)57(41)33-23-30(45-55-43(28-11-3-1-4-12-28)54-44(56-45)29-13-5-2-6-14-29)24-34(27-33)58-40-18-10-8-16-36(40)38-26-32(47(51,52)53)20-22-42(38)58/h1-27H. The van der Waals surface area contributed by atoms with Crippen LogP contribution in [0, 0.1) is 0 Å². The Kier molecular flexibility index (Phi) is 7.98. The molecule has 10 rings (SSSR count). The predicted octanol–water partition coefficient (Wildman–Crippen LogP) is 13.1. The molecule has 0 amide bonds. The lowest BCUT2D eigenvalue weighted by Gasteiger charge is -2.16. The molecule has 0 spiro atoms. The zero-order chi connectivity index (χ0) is 39.8. The van der Waals surface area contributed by atoms with Crippen molar-refractivity contribution in [2.24, 2.45) is 0 Å². The third-order valence-corrected chi connectivity index (χ3v) is 10.4. The van der Waals surface area contributed by atoms with Gasteiger partial charge in [0.15, 0.2) is 17.5 Å². The van der Waals surface area contributed by atoms with Crippen LogP contribution >= 0.6 is 0 Å². The molecule has 11 heteroatoms. The summed E-state index contributed by atoms with van der Waals surface area (Å²) >= 11 is 0. The number of fused-ring (bicyclic) bond motifs is 6. The maximum Gasteiger partial charge on any atom is 0.416 e. The van der Waals surface area contributed by atoms with Crippen LogP contribution in [0.15, 0.2) is 164 Å². The van der Waals surface area contributed by atoms with Crippen molar-refractivity contribution in [3.8, 4) is 45.5 Å². The van der Waals surface area contributed by atoms with Gasteiger partial charge in [-0.1, -0.05) is 97.1 Å². The average Bonchev–Trinajstić information content (AvgIpc) is 3.76. The van der Waals surface area contributed by atoms with E-state index in [1.54, 1.807) is 24.3 Å². The summed E-state index contributed by atoms with van der Waals surface area (Å²) in [5.74, 6) is 1.16. The fraction of sp³-hybridized carbons (Fsp3) is 0.0426. The van der Waals surface area contributed by atoms with Gasteiger partial charge in [-0.05, 0) is 66.7 Å². The molecule has 0 aliphatic carbocycles. The van der Waals surface area contributed by atoms with Crippen molar-refractivity contribution in [3.63, 3.8) is 0 Å². The Morgan fingerprint density at radius 1 is 0.328 bits per heavy atom. The summed E-state index contributed by atoms with van der Waals surface area (Å²) in [6.07, 6.45) is -9.11. The average molecular weight is 776 g/mol. The minimum absolute atomic E-state index is 0.316. The number of para-hydroxylation sites is 2. The second kappa shape index (κ2) is 13.2.